The molecule has 2 amide bonds. The van der Waals surface area contributed by atoms with Crippen LogP contribution in [0.5, 0.6) is 0 Å². The predicted molar refractivity (Wildman–Crippen MR) is 114 cm³/mol. The third kappa shape index (κ3) is 4.86. The van der Waals surface area contributed by atoms with E-state index in [1.807, 2.05) is 26.2 Å². The number of carbonyl (C=O) groups excluding carboxylic acids is 2. The average Bonchev–Trinajstić information content (AvgIpc) is 2.70. The summed E-state index contributed by atoms with van der Waals surface area (Å²) in [5, 5.41) is 3.65. The Kier molecular flexibility index (Phi) is 6.63. The molecule has 0 spiro atoms. The average molecular weight is 419 g/mol. The molecular weight excluding hydrogens is 395 g/mol. The molecule has 0 unspecified atom stereocenters. The van der Waals surface area contributed by atoms with E-state index in [1.54, 1.807) is 23.1 Å². The highest BCUT2D eigenvalue weighted by molar-refractivity contribution is 6.42. The molecule has 6 heteroatoms. The first-order valence-corrected chi connectivity index (χ1v) is 10.2. The molecule has 1 N–H and O–H groups in total. The summed E-state index contributed by atoms with van der Waals surface area (Å²) in [5.41, 5.74) is 2.45. The van der Waals surface area contributed by atoms with Gasteiger partial charge in [-0.15, -0.1) is 0 Å². The minimum absolute atomic E-state index is 0.149. The SMILES string of the molecule is CN(C)C(=O)[C@H]1CC[C@@H](c2ccc(NC(=O)c3ccc(Cl)c(Cl)c3)cc2)CC1. The largest absolute Gasteiger partial charge is 0.349 e. The molecule has 0 radical (unpaired) electrons. The zero-order chi connectivity index (χ0) is 20.3. The van der Waals surface area contributed by atoms with Gasteiger partial charge in [0.2, 0.25) is 5.91 Å². The van der Waals surface area contributed by atoms with E-state index >= 15 is 0 Å². The number of hydrogen-bond donors (Lipinski definition) is 1. The second-order valence-electron chi connectivity index (χ2n) is 7.49. The topological polar surface area (TPSA) is 49.4 Å². The molecule has 1 aliphatic rings. The molecule has 0 saturated heterocycles. The fourth-order valence-corrected chi connectivity index (χ4v) is 4.02. The van der Waals surface area contributed by atoms with Crippen molar-refractivity contribution in [3.05, 3.63) is 63.6 Å². The fourth-order valence-electron chi connectivity index (χ4n) is 3.72. The van der Waals surface area contributed by atoms with E-state index < -0.39 is 0 Å². The number of nitrogens with one attached hydrogen (secondary N) is 1. The summed E-state index contributed by atoms with van der Waals surface area (Å²) < 4.78 is 0. The second kappa shape index (κ2) is 8.97. The van der Waals surface area contributed by atoms with Crippen LogP contribution < -0.4 is 5.32 Å². The summed E-state index contributed by atoms with van der Waals surface area (Å²) in [4.78, 5) is 26.2. The molecule has 28 heavy (non-hydrogen) atoms. The lowest BCUT2D eigenvalue weighted by atomic mass is 9.78. The van der Waals surface area contributed by atoms with E-state index in [0.29, 0.717) is 21.5 Å². The highest BCUT2D eigenvalue weighted by atomic mass is 35.5. The summed E-state index contributed by atoms with van der Waals surface area (Å²) in [5.74, 6) is 0.620. The molecule has 4 nitrogen and oxygen atoms in total. The Morgan fingerprint density at radius 1 is 0.929 bits per heavy atom. The van der Waals surface area contributed by atoms with Gasteiger partial charge in [0.25, 0.3) is 5.91 Å². The number of amides is 2. The molecule has 0 bridgehead atoms. The first-order valence-electron chi connectivity index (χ1n) is 9.42. The van der Waals surface area contributed by atoms with Crippen LogP contribution in [0.1, 0.15) is 47.5 Å². The zero-order valence-corrected chi connectivity index (χ0v) is 17.6. The van der Waals surface area contributed by atoms with E-state index in [1.165, 1.54) is 5.56 Å². The zero-order valence-electron chi connectivity index (χ0n) is 16.0. The summed E-state index contributed by atoms with van der Waals surface area (Å²) in [6, 6.07) is 12.8. The Bertz CT molecular complexity index is 857. The molecule has 2 aromatic carbocycles. The van der Waals surface area contributed by atoms with Crippen LogP contribution in [0, 0.1) is 5.92 Å². The van der Waals surface area contributed by atoms with Gasteiger partial charge in [-0.1, -0.05) is 35.3 Å². The van der Waals surface area contributed by atoms with Crippen molar-refractivity contribution in [3.8, 4) is 0 Å². The first kappa shape index (κ1) is 20.7. The van der Waals surface area contributed by atoms with Gasteiger partial charge in [0, 0.05) is 31.3 Å². The van der Waals surface area contributed by atoms with E-state index in [4.69, 9.17) is 23.2 Å². The smallest absolute Gasteiger partial charge is 0.255 e. The third-order valence-corrected chi connectivity index (χ3v) is 6.08. The van der Waals surface area contributed by atoms with E-state index in [2.05, 4.69) is 17.4 Å². The van der Waals surface area contributed by atoms with Gasteiger partial charge in [-0.05, 0) is 67.5 Å². The Morgan fingerprint density at radius 3 is 2.14 bits per heavy atom. The van der Waals surface area contributed by atoms with E-state index in [0.717, 1.165) is 31.4 Å². The molecule has 1 aliphatic carbocycles. The van der Waals surface area contributed by atoms with Gasteiger partial charge in [0.15, 0.2) is 0 Å². The number of halogens is 2. The van der Waals surface area contributed by atoms with Crippen molar-refractivity contribution in [2.45, 2.75) is 31.6 Å². The standard InChI is InChI=1S/C22H24Cl2N2O2/c1-26(2)22(28)16-5-3-14(4-6-16)15-7-10-18(11-8-15)25-21(27)17-9-12-19(23)20(24)13-17/h7-14,16H,3-6H2,1-2H3,(H,25,27)/t14-,16+. The van der Waals surface area contributed by atoms with Crippen LogP contribution in [0.2, 0.25) is 10.0 Å². The number of benzene rings is 2. The molecule has 148 valence electrons. The van der Waals surface area contributed by atoms with Crippen LogP contribution in [0.4, 0.5) is 5.69 Å². The summed E-state index contributed by atoms with van der Waals surface area (Å²) in [7, 11) is 3.64. The minimum atomic E-state index is -0.228. The van der Waals surface area contributed by atoms with Crippen LogP contribution in [0.15, 0.2) is 42.5 Å². The van der Waals surface area contributed by atoms with Crippen LogP contribution in [-0.2, 0) is 4.79 Å². The quantitative estimate of drug-likeness (QED) is 0.701. The Hall–Kier alpha value is -2.04. The monoisotopic (exact) mass is 418 g/mol. The molecule has 1 saturated carbocycles. The number of nitrogens with zero attached hydrogens (tertiary/aromatic N) is 1. The molecule has 3 rings (SSSR count). The first-order chi connectivity index (χ1) is 13.3. The second-order valence-corrected chi connectivity index (χ2v) is 8.30. The number of carbonyl (C=O) groups is 2. The maximum Gasteiger partial charge on any atom is 0.255 e. The lowest BCUT2D eigenvalue weighted by Gasteiger charge is -2.29. The normalized spacial score (nSPS) is 19.1. The minimum Gasteiger partial charge on any atom is -0.349 e. The van der Waals surface area contributed by atoms with Crippen molar-refractivity contribution < 1.29 is 9.59 Å². The number of hydrogen-bond acceptors (Lipinski definition) is 2. The summed E-state index contributed by atoms with van der Waals surface area (Å²) in [6.45, 7) is 0. The number of rotatable bonds is 4. The highest BCUT2D eigenvalue weighted by Gasteiger charge is 2.27. The molecule has 2 aromatic rings. The predicted octanol–water partition coefficient (Wildman–Crippen LogP) is 5.61. The maximum absolute atomic E-state index is 12.4. The van der Waals surface area contributed by atoms with Crippen LogP contribution in [0.25, 0.3) is 0 Å². The van der Waals surface area contributed by atoms with Crippen LogP contribution >= 0.6 is 23.2 Å². The highest BCUT2D eigenvalue weighted by Crippen LogP contribution is 2.36. The Balaban J connectivity index is 1.59. The van der Waals surface area contributed by atoms with Gasteiger partial charge in [0.1, 0.15) is 0 Å². The molecule has 0 aromatic heterocycles. The van der Waals surface area contributed by atoms with Gasteiger partial charge in [-0.3, -0.25) is 9.59 Å². The lowest BCUT2D eigenvalue weighted by Crippen LogP contribution is -2.31. The van der Waals surface area contributed by atoms with Gasteiger partial charge in [0.05, 0.1) is 10.0 Å². The van der Waals surface area contributed by atoms with Crippen molar-refractivity contribution >= 4 is 40.7 Å². The molecule has 1 fully saturated rings. The van der Waals surface area contributed by atoms with Crippen molar-refractivity contribution in [2.24, 2.45) is 5.92 Å². The van der Waals surface area contributed by atoms with Gasteiger partial charge >= 0.3 is 0 Å². The van der Waals surface area contributed by atoms with Gasteiger partial charge in [-0.2, -0.15) is 0 Å². The molecule has 0 aliphatic heterocycles. The third-order valence-electron chi connectivity index (χ3n) is 5.34. The van der Waals surface area contributed by atoms with Crippen molar-refractivity contribution in [3.63, 3.8) is 0 Å². The summed E-state index contributed by atoms with van der Waals surface area (Å²) >= 11 is 11.9. The lowest BCUT2D eigenvalue weighted by molar-refractivity contribution is -0.134. The number of anilines is 1. The maximum atomic E-state index is 12.4. The van der Waals surface area contributed by atoms with Crippen molar-refractivity contribution in [2.75, 3.05) is 19.4 Å². The van der Waals surface area contributed by atoms with Gasteiger partial charge in [-0.25, -0.2) is 0 Å². The van der Waals surface area contributed by atoms with E-state index in [9.17, 15) is 9.59 Å². The molecule has 0 heterocycles. The van der Waals surface area contributed by atoms with Gasteiger partial charge < -0.3 is 10.2 Å². The summed E-state index contributed by atoms with van der Waals surface area (Å²) in [6.07, 6.45) is 3.88. The van der Waals surface area contributed by atoms with E-state index in [-0.39, 0.29) is 17.7 Å². The van der Waals surface area contributed by atoms with Crippen LogP contribution in [-0.4, -0.2) is 30.8 Å². The molecule has 0 atom stereocenters. The van der Waals surface area contributed by atoms with Crippen molar-refractivity contribution in [1.29, 1.82) is 0 Å². The Morgan fingerprint density at radius 2 is 1.57 bits per heavy atom. The Labute approximate surface area is 175 Å². The van der Waals surface area contributed by atoms with Crippen molar-refractivity contribution in [1.82, 2.24) is 4.90 Å². The molecular formula is C22H24Cl2N2O2. The fraction of sp³-hybridized carbons (Fsp3) is 0.364. The van der Waals surface area contributed by atoms with Crippen LogP contribution in [0.3, 0.4) is 0 Å².